The number of thiazole rings is 1. The smallest absolute Gasteiger partial charge is 0.275 e. The highest BCUT2D eigenvalue weighted by Crippen LogP contribution is 2.35. The maximum absolute atomic E-state index is 12.9. The molecule has 0 fully saturated rings. The Balaban J connectivity index is 1.77. The van der Waals surface area contributed by atoms with E-state index in [9.17, 15) is 4.79 Å². The minimum Gasteiger partial charge on any atom is -0.321 e. The van der Waals surface area contributed by atoms with Crippen LogP contribution in [0, 0.1) is 0 Å². The first-order valence-corrected chi connectivity index (χ1v) is 9.11. The summed E-state index contributed by atoms with van der Waals surface area (Å²) in [5, 5.41) is 3.77. The predicted molar refractivity (Wildman–Crippen MR) is 107 cm³/mol. The van der Waals surface area contributed by atoms with Gasteiger partial charge in [-0.15, -0.1) is 11.3 Å². The van der Waals surface area contributed by atoms with Gasteiger partial charge in [0.1, 0.15) is 10.7 Å². The molecule has 0 radical (unpaired) electrons. The van der Waals surface area contributed by atoms with Gasteiger partial charge in [-0.05, 0) is 17.7 Å². The van der Waals surface area contributed by atoms with E-state index in [2.05, 4.69) is 10.3 Å². The highest BCUT2D eigenvalue weighted by Gasteiger charge is 2.20. The number of hydrogen-bond acceptors (Lipinski definition) is 3. The zero-order chi connectivity index (χ0) is 17.8. The zero-order valence-electron chi connectivity index (χ0n) is 13.9. The lowest BCUT2D eigenvalue weighted by atomic mass is 10.1. The summed E-state index contributed by atoms with van der Waals surface area (Å²) in [5.41, 5.74) is 3.20. The van der Waals surface area contributed by atoms with E-state index < -0.39 is 0 Å². The number of rotatable bonds is 4. The van der Waals surface area contributed by atoms with E-state index in [0.29, 0.717) is 5.69 Å². The fourth-order valence-corrected chi connectivity index (χ4v) is 3.75. The second-order valence-corrected chi connectivity index (χ2v) is 6.75. The minimum atomic E-state index is -0.200. The molecule has 3 aromatic carbocycles. The van der Waals surface area contributed by atoms with Crippen molar-refractivity contribution in [2.24, 2.45) is 0 Å². The van der Waals surface area contributed by atoms with Crippen molar-refractivity contribution in [2.75, 3.05) is 5.32 Å². The van der Waals surface area contributed by atoms with Gasteiger partial charge in [-0.1, -0.05) is 78.9 Å². The van der Waals surface area contributed by atoms with Crippen LogP contribution in [0.2, 0.25) is 0 Å². The molecule has 0 aliphatic carbocycles. The second kappa shape index (κ2) is 7.33. The molecule has 0 spiro atoms. The first-order valence-electron chi connectivity index (χ1n) is 8.29. The Bertz CT molecular complexity index is 1010. The van der Waals surface area contributed by atoms with Crippen LogP contribution in [0.1, 0.15) is 10.5 Å². The van der Waals surface area contributed by atoms with Gasteiger partial charge in [-0.2, -0.15) is 0 Å². The van der Waals surface area contributed by atoms with Gasteiger partial charge in [0, 0.05) is 11.3 Å². The first-order chi connectivity index (χ1) is 12.8. The molecule has 26 heavy (non-hydrogen) atoms. The van der Waals surface area contributed by atoms with Gasteiger partial charge in [0.25, 0.3) is 5.91 Å². The molecule has 0 unspecified atom stereocenters. The Kier molecular flexibility index (Phi) is 4.58. The van der Waals surface area contributed by atoms with Gasteiger partial charge in [0.15, 0.2) is 0 Å². The summed E-state index contributed by atoms with van der Waals surface area (Å²) in [7, 11) is 0. The standard InChI is InChI=1S/C22H16N2OS/c25-21(23-18-14-8-3-9-15-18)19-20(16-10-4-1-5-11-16)26-22(24-19)17-12-6-2-7-13-17/h1-15H,(H,23,25). The summed E-state index contributed by atoms with van der Waals surface area (Å²) < 4.78 is 0. The van der Waals surface area contributed by atoms with Crippen molar-refractivity contribution in [2.45, 2.75) is 0 Å². The lowest BCUT2D eigenvalue weighted by Gasteiger charge is -2.05. The molecule has 4 aromatic rings. The lowest BCUT2D eigenvalue weighted by Crippen LogP contribution is -2.13. The van der Waals surface area contributed by atoms with Gasteiger partial charge in [0.2, 0.25) is 0 Å². The van der Waals surface area contributed by atoms with E-state index in [-0.39, 0.29) is 5.91 Å². The highest BCUT2D eigenvalue weighted by molar-refractivity contribution is 7.18. The fraction of sp³-hybridized carbons (Fsp3) is 0. The topological polar surface area (TPSA) is 42.0 Å². The molecule has 4 rings (SSSR count). The molecule has 0 saturated carbocycles. The van der Waals surface area contributed by atoms with E-state index in [1.54, 1.807) is 0 Å². The number of anilines is 1. The number of nitrogens with zero attached hydrogens (tertiary/aromatic N) is 1. The molecular formula is C22H16N2OS. The highest BCUT2D eigenvalue weighted by atomic mass is 32.1. The quantitative estimate of drug-likeness (QED) is 0.507. The van der Waals surface area contributed by atoms with Crippen molar-refractivity contribution in [3.63, 3.8) is 0 Å². The Morgan fingerprint density at radius 1 is 0.731 bits per heavy atom. The Morgan fingerprint density at radius 3 is 1.88 bits per heavy atom. The van der Waals surface area contributed by atoms with Crippen molar-refractivity contribution >= 4 is 22.9 Å². The van der Waals surface area contributed by atoms with Crippen molar-refractivity contribution in [3.05, 3.63) is 96.7 Å². The van der Waals surface area contributed by atoms with Gasteiger partial charge in [0.05, 0.1) is 4.88 Å². The van der Waals surface area contributed by atoms with Crippen LogP contribution in [0.3, 0.4) is 0 Å². The SMILES string of the molecule is O=C(Nc1ccccc1)c1nc(-c2ccccc2)sc1-c1ccccc1. The third-order valence-corrected chi connectivity index (χ3v) is 5.08. The summed E-state index contributed by atoms with van der Waals surface area (Å²) in [5.74, 6) is -0.200. The molecule has 4 heteroatoms. The zero-order valence-corrected chi connectivity index (χ0v) is 14.7. The summed E-state index contributed by atoms with van der Waals surface area (Å²) in [6.45, 7) is 0. The Labute approximate surface area is 156 Å². The second-order valence-electron chi connectivity index (χ2n) is 5.75. The molecule has 0 aliphatic heterocycles. The molecule has 1 N–H and O–H groups in total. The Hall–Kier alpha value is -3.24. The molecule has 126 valence electrons. The van der Waals surface area contributed by atoms with E-state index in [1.807, 2.05) is 91.0 Å². The number of benzene rings is 3. The molecular weight excluding hydrogens is 340 g/mol. The van der Waals surface area contributed by atoms with Gasteiger partial charge >= 0.3 is 0 Å². The third kappa shape index (κ3) is 3.41. The summed E-state index contributed by atoms with van der Waals surface area (Å²) >= 11 is 1.53. The molecule has 1 heterocycles. The van der Waals surface area contributed by atoms with Crippen molar-refractivity contribution in [1.29, 1.82) is 0 Å². The lowest BCUT2D eigenvalue weighted by molar-refractivity contribution is 0.102. The average molecular weight is 356 g/mol. The molecule has 0 bridgehead atoms. The van der Waals surface area contributed by atoms with Crippen LogP contribution in [0.15, 0.2) is 91.0 Å². The third-order valence-electron chi connectivity index (χ3n) is 3.93. The van der Waals surface area contributed by atoms with E-state index in [1.165, 1.54) is 11.3 Å². The summed E-state index contributed by atoms with van der Waals surface area (Å²) in [6.07, 6.45) is 0. The average Bonchev–Trinajstić information content (AvgIpc) is 3.16. The first kappa shape index (κ1) is 16.2. The number of amides is 1. The molecule has 0 aliphatic rings. The molecule has 1 amide bonds. The summed E-state index contributed by atoms with van der Waals surface area (Å²) in [6, 6.07) is 29.3. The number of carbonyl (C=O) groups is 1. The maximum atomic E-state index is 12.9. The normalized spacial score (nSPS) is 10.5. The van der Waals surface area contributed by atoms with Crippen LogP contribution in [0.5, 0.6) is 0 Å². The van der Waals surface area contributed by atoms with Gasteiger partial charge < -0.3 is 5.32 Å². The fourth-order valence-electron chi connectivity index (χ4n) is 2.68. The monoisotopic (exact) mass is 356 g/mol. The minimum absolute atomic E-state index is 0.200. The van der Waals surface area contributed by atoms with Gasteiger partial charge in [-0.25, -0.2) is 4.98 Å². The van der Waals surface area contributed by atoms with Gasteiger partial charge in [-0.3, -0.25) is 4.79 Å². The van der Waals surface area contributed by atoms with Crippen LogP contribution in [0.4, 0.5) is 5.69 Å². The number of hydrogen-bond donors (Lipinski definition) is 1. The van der Waals surface area contributed by atoms with E-state index in [4.69, 9.17) is 0 Å². The molecule has 0 atom stereocenters. The van der Waals surface area contributed by atoms with Crippen LogP contribution >= 0.6 is 11.3 Å². The van der Waals surface area contributed by atoms with E-state index in [0.717, 1.165) is 26.7 Å². The molecule has 3 nitrogen and oxygen atoms in total. The van der Waals surface area contributed by atoms with Crippen LogP contribution in [0.25, 0.3) is 21.0 Å². The number of carbonyl (C=O) groups excluding carboxylic acids is 1. The molecule has 1 aromatic heterocycles. The van der Waals surface area contributed by atoms with Crippen molar-refractivity contribution in [1.82, 2.24) is 4.98 Å². The van der Waals surface area contributed by atoms with Crippen LogP contribution in [-0.2, 0) is 0 Å². The number of para-hydroxylation sites is 1. The van der Waals surface area contributed by atoms with Crippen molar-refractivity contribution in [3.8, 4) is 21.0 Å². The molecule has 0 saturated heterocycles. The maximum Gasteiger partial charge on any atom is 0.275 e. The number of nitrogens with one attached hydrogen (secondary N) is 1. The van der Waals surface area contributed by atoms with Crippen LogP contribution in [-0.4, -0.2) is 10.9 Å². The largest absolute Gasteiger partial charge is 0.321 e. The number of aromatic nitrogens is 1. The van der Waals surface area contributed by atoms with E-state index >= 15 is 0 Å². The predicted octanol–water partition coefficient (Wildman–Crippen LogP) is 5.73. The van der Waals surface area contributed by atoms with Crippen LogP contribution < -0.4 is 5.32 Å². The van der Waals surface area contributed by atoms with Crippen molar-refractivity contribution < 1.29 is 4.79 Å². The summed E-state index contributed by atoms with van der Waals surface area (Å²) in [4.78, 5) is 18.4. The Morgan fingerprint density at radius 2 is 1.27 bits per heavy atom.